The summed E-state index contributed by atoms with van der Waals surface area (Å²) >= 11 is 5.86. The fraction of sp³-hybridized carbons (Fsp3) is 0.600. The summed E-state index contributed by atoms with van der Waals surface area (Å²) in [6.45, 7) is 8.43. The van der Waals surface area contributed by atoms with Crippen molar-refractivity contribution in [3.05, 3.63) is 23.0 Å². The average Bonchev–Trinajstić information content (AvgIpc) is 2.65. The number of aromatic nitrogens is 1. The lowest BCUT2D eigenvalue weighted by atomic mass is 10.1. The van der Waals surface area contributed by atoms with Gasteiger partial charge in [-0.15, -0.1) is 11.6 Å². The Labute approximate surface area is 125 Å². The first-order valence-electron chi connectivity index (χ1n) is 6.89. The molecule has 4 nitrogen and oxygen atoms in total. The number of carbonyl (C=O) groups is 2. The number of alkyl halides is 1. The number of ketones is 1. The van der Waals surface area contributed by atoms with Crippen molar-refractivity contribution in [3.8, 4) is 0 Å². The van der Waals surface area contributed by atoms with Gasteiger partial charge in [-0.05, 0) is 40.2 Å². The Kier molecular flexibility index (Phi) is 6.27. The molecule has 1 aromatic rings. The molecule has 0 saturated carbocycles. The molecule has 5 heteroatoms. The number of hydrogen-bond donors (Lipinski definition) is 0. The summed E-state index contributed by atoms with van der Waals surface area (Å²) in [7, 11) is 0. The third kappa shape index (κ3) is 4.10. The molecule has 0 bridgehead atoms. The number of esters is 1. The number of carbonyl (C=O) groups excluding carboxylic acids is 2. The molecule has 0 spiro atoms. The molecule has 1 rings (SSSR count). The van der Waals surface area contributed by atoms with Crippen molar-refractivity contribution in [2.75, 3.05) is 6.61 Å². The van der Waals surface area contributed by atoms with E-state index in [0.29, 0.717) is 31.6 Å². The second-order valence-electron chi connectivity index (χ2n) is 4.83. The Bertz CT molecular complexity index is 492. The van der Waals surface area contributed by atoms with E-state index in [0.717, 1.165) is 11.4 Å². The Morgan fingerprint density at radius 1 is 1.40 bits per heavy atom. The Morgan fingerprint density at radius 3 is 2.60 bits per heavy atom. The van der Waals surface area contributed by atoms with E-state index in [1.807, 2.05) is 24.5 Å². The molecule has 0 aliphatic heterocycles. The van der Waals surface area contributed by atoms with Crippen LogP contribution in [0.4, 0.5) is 0 Å². The normalized spacial score (nSPS) is 12.2. The zero-order chi connectivity index (χ0) is 15.3. The number of hydrogen-bond acceptors (Lipinski definition) is 3. The summed E-state index contributed by atoms with van der Waals surface area (Å²) in [6.07, 6.45) is 1.08. The van der Waals surface area contributed by atoms with E-state index in [1.54, 1.807) is 13.8 Å². The van der Waals surface area contributed by atoms with Gasteiger partial charge < -0.3 is 9.30 Å². The first kappa shape index (κ1) is 16.8. The second-order valence-corrected chi connectivity index (χ2v) is 5.48. The van der Waals surface area contributed by atoms with Crippen molar-refractivity contribution in [2.45, 2.75) is 52.5 Å². The van der Waals surface area contributed by atoms with Crippen LogP contribution >= 0.6 is 11.6 Å². The van der Waals surface area contributed by atoms with Gasteiger partial charge in [-0.3, -0.25) is 9.59 Å². The standard InChI is InChI=1S/C15H22ClNO3/c1-5-20-14(18)7-6-8-17-10(2)9-13(12(17)4)15(19)11(3)16/h9,11H,5-8H2,1-4H3. The van der Waals surface area contributed by atoms with Gasteiger partial charge in [0.05, 0.1) is 12.0 Å². The maximum atomic E-state index is 12.0. The minimum absolute atomic E-state index is 0.0589. The van der Waals surface area contributed by atoms with E-state index in [4.69, 9.17) is 16.3 Å². The Morgan fingerprint density at radius 2 is 2.05 bits per heavy atom. The zero-order valence-electron chi connectivity index (χ0n) is 12.5. The molecule has 1 aromatic heterocycles. The van der Waals surface area contributed by atoms with Gasteiger partial charge in [0.2, 0.25) is 0 Å². The van der Waals surface area contributed by atoms with Crippen LogP contribution in [0.25, 0.3) is 0 Å². The average molecular weight is 300 g/mol. The van der Waals surface area contributed by atoms with E-state index in [-0.39, 0.29) is 11.8 Å². The van der Waals surface area contributed by atoms with Crippen LogP contribution in [0, 0.1) is 13.8 Å². The van der Waals surface area contributed by atoms with Crippen molar-refractivity contribution in [2.24, 2.45) is 0 Å². The van der Waals surface area contributed by atoms with E-state index >= 15 is 0 Å². The number of ether oxygens (including phenoxy) is 1. The molecular weight excluding hydrogens is 278 g/mol. The molecule has 0 saturated heterocycles. The van der Waals surface area contributed by atoms with E-state index < -0.39 is 5.38 Å². The van der Waals surface area contributed by atoms with Crippen LogP contribution in [0.3, 0.4) is 0 Å². The molecule has 1 unspecified atom stereocenters. The molecular formula is C15H22ClNO3. The largest absolute Gasteiger partial charge is 0.466 e. The molecule has 0 fully saturated rings. The van der Waals surface area contributed by atoms with E-state index in [2.05, 4.69) is 0 Å². The molecule has 0 aromatic carbocycles. The summed E-state index contributed by atoms with van der Waals surface area (Å²) in [5.74, 6) is -0.239. The van der Waals surface area contributed by atoms with Crippen LogP contribution in [0.5, 0.6) is 0 Å². The Hall–Kier alpha value is -1.29. The second kappa shape index (κ2) is 7.48. The number of nitrogens with zero attached hydrogens (tertiary/aromatic N) is 1. The van der Waals surface area contributed by atoms with E-state index in [9.17, 15) is 9.59 Å². The maximum absolute atomic E-state index is 12.0. The molecule has 0 aliphatic carbocycles. The molecule has 0 amide bonds. The Balaban J connectivity index is 2.72. The van der Waals surface area contributed by atoms with Crippen LogP contribution in [0.1, 0.15) is 48.4 Å². The molecule has 0 N–H and O–H groups in total. The summed E-state index contributed by atoms with van der Waals surface area (Å²) in [6, 6.07) is 1.86. The first-order valence-corrected chi connectivity index (χ1v) is 7.32. The minimum Gasteiger partial charge on any atom is -0.466 e. The zero-order valence-corrected chi connectivity index (χ0v) is 13.3. The van der Waals surface area contributed by atoms with Crippen LogP contribution in [0.15, 0.2) is 6.07 Å². The van der Waals surface area contributed by atoms with Crippen molar-refractivity contribution < 1.29 is 14.3 Å². The molecule has 0 radical (unpaired) electrons. The number of rotatable bonds is 7. The van der Waals surface area contributed by atoms with Crippen molar-refractivity contribution in [3.63, 3.8) is 0 Å². The van der Waals surface area contributed by atoms with Gasteiger partial charge in [0.25, 0.3) is 0 Å². The fourth-order valence-corrected chi connectivity index (χ4v) is 2.34. The first-order chi connectivity index (χ1) is 9.38. The molecule has 1 atom stereocenters. The molecule has 112 valence electrons. The quantitative estimate of drug-likeness (QED) is 0.441. The highest BCUT2D eigenvalue weighted by molar-refractivity contribution is 6.33. The van der Waals surface area contributed by atoms with Crippen LogP contribution in [0.2, 0.25) is 0 Å². The molecule has 1 heterocycles. The van der Waals surface area contributed by atoms with Crippen molar-refractivity contribution in [1.29, 1.82) is 0 Å². The van der Waals surface area contributed by atoms with Crippen LogP contribution in [-0.2, 0) is 16.1 Å². The van der Waals surface area contributed by atoms with Gasteiger partial charge in [-0.25, -0.2) is 0 Å². The molecule has 20 heavy (non-hydrogen) atoms. The van der Waals surface area contributed by atoms with Gasteiger partial charge in [0.15, 0.2) is 5.78 Å². The van der Waals surface area contributed by atoms with Gasteiger partial charge in [0.1, 0.15) is 0 Å². The number of aryl methyl sites for hydroxylation is 1. The van der Waals surface area contributed by atoms with Gasteiger partial charge in [-0.2, -0.15) is 0 Å². The fourth-order valence-electron chi connectivity index (χ4n) is 2.22. The van der Waals surface area contributed by atoms with Gasteiger partial charge >= 0.3 is 5.97 Å². The van der Waals surface area contributed by atoms with Crippen LogP contribution < -0.4 is 0 Å². The highest BCUT2D eigenvalue weighted by atomic mass is 35.5. The predicted molar refractivity (Wildman–Crippen MR) is 79.4 cm³/mol. The molecule has 0 aliphatic rings. The lowest BCUT2D eigenvalue weighted by molar-refractivity contribution is -0.143. The monoisotopic (exact) mass is 299 g/mol. The van der Waals surface area contributed by atoms with Gasteiger partial charge in [-0.1, -0.05) is 0 Å². The van der Waals surface area contributed by atoms with Gasteiger partial charge in [0, 0.05) is 29.9 Å². The summed E-state index contributed by atoms with van der Waals surface area (Å²) in [5.41, 5.74) is 2.58. The predicted octanol–water partition coefficient (Wildman–Crippen LogP) is 3.26. The van der Waals surface area contributed by atoms with Crippen LogP contribution in [-0.4, -0.2) is 28.3 Å². The highest BCUT2D eigenvalue weighted by Gasteiger charge is 2.19. The smallest absolute Gasteiger partial charge is 0.305 e. The lowest BCUT2D eigenvalue weighted by Crippen LogP contribution is -2.12. The maximum Gasteiger partial charge on any atom is 0.305 e. The van der Waals surface area contributed by atoms with E-state index in [1.165, 1.54) is 0 Å². The van der Waals surface area contributed by atoms with Crippen molar-refractivity contribution >= 4 is 23.4 Å². The SMILES string of the molecule is CCOC(=O)CCCn1c(C)cc(C(=O)C(C)Cl)c1C. The van der Waals surface area contributed by atoms with Crippen molar-refractivity contribution in [1.82, 2.24) is 4.57 Å². The summed E-state index contributed by atoms with van der Waals surface area (Å²) in [5, 5.41) is -0.525. The third-order valence-electron chi connectivity index (χ3n) is 3.27. The summed E-state index contributed by atoms with van der Waals surface area (Å²) < 4.78 is 6.94. The number of Topliss-reactive ketones (excluding diaryl/α,β-unsaturated/α-hetero) is 1. The lowest BCUT2D eigenvalue weighted by Gasteiger charge is -2.10. The minimum atomic E-state index is -0.525. The topological polar surface area (TPSA) is 48.3 Å². The highest BCUT2D eigenvalue weighted by Crippen LogP contribution is 2.19. The summed E-state index contributed by atoms with van der Waals surface area (Å²) in [4.78, 5) is 23.3. The third-order valence-corrected chi connectivity index (χ3v) is 3.47. The number of halogens is 1.